The quantitative estimate of drug-likeness (QED) is 0.464. The van der Waals surface area contributed by atoms with E-state index in [2.05, 4.69) is 12.2 Å². The van der Waals surface area contributed by atoms with Gasteiger partial charge in [0.1, 0.15) is 11.2 Å². The van der Waals surface area contributed by atoms with Crippen LogP contribution in [-0.4, -0.2) is 12.4 Å². The third kappa shape index (κ3) is 2.32. The van der Waals surface area contributed by atoms with Crippen molar-refractivity contribution in [1.29, 1.82) is 0 Å². The van der Waals surface area contributed by atoms with Crippen LogP contribution < -0.4 is 0 Å². The van der Waals surface area contributed by atoms with E-state index in [0.717, 1.165) is 18.8 Å². The number of hydrogen-bond donors (Lipinski definition) is 1. The van der Waals surface area contributed by atoms with E-state index in [1.807, 2.05) is 0 Å². The van der Waals surface area contributed by atoms with Crippen LogP contribution in [0, 0.1) is 0 Å². The summed E-state index contributed by atoms with van der Waals surface area (Å²) in [5, 5.41) is -1.75. The van der Waals surface area contributed by atoms with Crippen LogP contribution in [0.2, 0.25) is 0 Å². The summed E-state index contributed by atoms with van der Waals surface area (Å²) < 4.78 is 5.17. The van der Waals surface area contributed by atoms with Crippen LogP contribution in [0.4, 0.5) is 0 Å². The molecule has 1 saturated heterocycles. The van der Waals surface area contributed by atoms with Gasteiger partial charge in [-0.15, -0.1) is 0 Å². The first kappa shape index (κ1) is 7.49. The highest BCUT2D eigenvalue weighted by atomic mass is 35.7. The third-order valence-electron chi connectivity index (χ3n) is 0.790. The van der Waals surface area contributed by atoms with Crippen molar-refractivity contribution >= 4 is 40.1 Å². The third-order valence-corrected chi connectivity index (χ3v) is 6.46. The summed E-state index contributed by atoms with van der Waals surface area (Å²) in [5.74, 6) is 1.10. The minimum absolute atomic E-state index is 0.785. The van der Waals surface area contributed by atoms with Gasteiger partial charge in [-0.05, 0) is 6.42 Å². The molecular weight excluding hydrogens is 183 g/mol. The molecule has 1 unspecified atom stereocenters. The van der Waals surface area contributed by atoms with Gasteiger partial charge in [-0.3, -0.25) is 0 Å². The number of thiol groups is 1. The monoisotopic (exact) mass is 189 g/mol. The number of hydrogen-bond acceptors (Lipinski definition) is 3. The highest BCUT2D eigenvalue weighted by molar-refractivity contribution is 8.95. The zero-order valence-corrected chi connectivity index (χ0v) is 7.57. The molecule has 0 aromatic heterocycles. The van der Waals surface area contributed by atoms with Crippen molar-refractivity contribution < 1.29 is 4.52 Å². The topological polar surface area (TPSA) is 9.23 Å². The lowest BCUT2D eigenvalue weighted by molar-refractivity contribution is 0.361. The molecule has 5 heteroatoms. The predicted octanol–water partition coefficient (Wildman–Crippen LogP) is 2.99. The van der Waals surface area contributed by atoms with E-state index in [0.29, 0.717) is 0 Å². The highest BCUT2D eigenvalue weighted by Crippen LogP contribution is 2.80. The summed E-state index contributed by atoms with van der Waals surface area (Å²) in [6.45, 7) is 0.785. The van der Waals surface area contributed by atoms with E-state index in [4.69, 9.17) is 15.8 Å². The Morgan fingerprint density at radius 2 is 2.50 bits per heavy atom. The first-order chi connectivity index (χ1) is 3.71. The minimum Gasteiger partial charge on any atom is -0.195 e. The maximum absolute atomic E-state index is 5.79. The van der Waals surface area contributed by atoms with Gasteiger partial charge in [0.2, 0.25) is 0 Å². The molecule has 1 rings (SSSR count). The van der Waals surface area contributed by atoms with Gasteiger partial charge in [-0.25, -0.2) is 0 Å². The standard InChI is InChI=1S/C3H7ClOPS2/c4-6(7)5-2-1-3-8-6/h7H,1-3H2/q+1. The van der Waals surface area contributed by atoms with Crippen molar-refractivity contribution in [1.82, 2.24) is 0 Å². The average molecular weight is 190 g/mol. The Kier molecular flexibility index (Phi) is 2.79. The van der Waals surface area contributed by atoms with E-state index in [9.17, 15) is 0 Å². The highest BCUT2D eigenvalue weighted by Gasteiger charge is 2.38. The lowest BCUT2D eigenvalue weighted by Crippen LogP contribution is -1.97. The molecule has 8 heavy (non-hydrogen) atoms. The Morgan fingerprint density at radius 1 is 1.75 bits per heavy atom. The molecule has 1 aliphatic rings. The number of rotatable bonds is 0. The van der Waals surface area contributed by atoms with Crippen LogP contribution in [0.1, 0.15) is 6.42 Å². The van der Waals surface area contributed by atoms with Crippen LogP contribution in [0.3, 0.4) is 0 Å². The van der Waals surface area contributed by atoms with E-state index >= 15 is 0 Å². The maximum Gasteiger partial charge on any atom is 0.357 e. The van der Waals surface area contributed by atoms with Gasteiger partial charge in [-0.1, -0.05) is 0 Å². The predicted molar refractivity (Wildman–Crippen MR) is 44.8 cm³/mol. The van der Waals surface area contributed by atoms with Crippen molar-refractivity contribution in [3.63, 3.8) is 0 Å². The fourth-order valence-corrected chi connectivity index (χ4v) is 4.67. The van der Waals surface area contributed by atoms with Crippen LogP contribution in [0.5, 0.6) is 0 Å². The Balaban J connectivity index is 2.33. The first-order valence-electron chi connectivity index (χ1n) is 2.31. The molecule has 0 aliphatic carbocycles. The van der Waals surface area contributed by atoms with Crippen molar-refractivity contribution in [3.8, 4) is 0 Å². The molecule has 0 N–H and O–H groups in total. The molecule has 0 bridgehead atoms. The molecule has 1 aliphatic heterocycles. The lowest BCUT2D eigenvalue weighted by Gasteiger charge is -2.13. The van der Waals surface area contributed by atoms with E-state index in [1.165, 1.54) is 0 Å². The van der Waals surface area contributed by atoms with Crippen molar-refractivity contribution in [2.24, 2.45) is 0 Å². The Labute approximate surface area is 63.6 Å². The molecule has 1 nitrogen and oxygen atoms in total. The van der Waals surface area contributed by atoms with Gasteiger partial charge < -0.3 is 0 Å². The van der Waals surface area contributed by atoms with E-state index in [-0.39, 0.29) is 0 Å². The fourth-order valence-electron chi connectivity index (χ4n) is 0.450. The summed E-state index contributed by atoms with van der Waals surface area (Å²) in [6, 6.07) is 0. The van der Waals surface area contributed by atoms with Gasteiger partial charge in [0.25, 0.3) is 0 Å². The summed E-state index contributed by atoms with van der Waals surface area (Å²) in [7, 11) is 0. The molecule has 1 atom stereocenters. The van der Waals surface area contributed by atoms with Gasteiger partial charge in [0.15, 0.2) is 0 Å². The van der Waals surface area contributed by atoms with Gasteiger partial charge in [0.05, 0.1) is 30.2 Å². The van der Waals surface area contributed by atoms with E-state index in [1.54, 1.807) is 11.4 Å². The van der Waals surface area contributed by atoms with Crippen LogP contribution in [0.15, 0.2) is 0 Å². The molecule has 0 spiro atoms. The van der Waals surface area contributed by atoms with Crippen molar-refractivity contribution in [2.45, 2.75) is 6.42 Å². The molecule has 1 fully saturated rings. The molecule has 0 saturated carbocycles. The van der Waals surface area contributed by atoms with Gasteiger partial charge in [0, 0.05) is 5.75 Å². The summed E-state index contributed by atoms with van der Waals surface area (Å²) in [6.07, 6.45) is 1.11. The van der Waals surface area contributed by atoms with Crippen molar-refractivity contribution in [3.05, 3.63) is 0 Å². The first-order valence-corrected chi connectivity index (χ1v) is 7.67. The SMILES string of the molecule is S[P+]1(Cl)OCCCS1. The molecule has 0 aromatic carbocycles. The molecule has 0 radical (unpaired) electrons. The van der Waals surface area contributed by atoms with Crippen LogP contribution in [0.25, 0.3) is 0 Å². The summed E-state index contributed by atoms with van der Waals surface area (Å²) >= 11 is 11.6. The fraction of sp³-hybridized carbons (Fsp3) is 1.00. The smallest absolute Gasteiger partial charge is 0.195 e. The summed E-state index contributed by atoms with van der Waals surface area (Å²) in [5.41, 5.74) is 0. The van der Waals surface area contributed by atoms with Crippen molar-refractivity contribution in [2.75, 3.05) is 12.4 Å². The van der Waals surface area contributed by atoms with E-state index < -0.39 is 5.25 Å². The Bertz CT molecular complexity index is 81.4. The minimum atomic E-state index is -1.75. The number of halogens is 1. The van der Waals surface area contributed by atoms with Gasteiger partial charge in [-0.2, -0.15) is 4.52 Å². The van der Waals surface area contributed by atoms with Crippen LogP contribution >= 0.6 is 40.1 Å². The van der Waals surface area contributed by atoms with Crippen LogP contribution in [-0.2, 0) is 4.52 Å². The summed E-state index contributed by atoms with van der Waals surface area (Å²) in [4.78, 5) is 0. The molecule has 0 amide bonds. The largest absolute Gasteiger partial charge is 0.357 e. The zero-order valence-electron chi connectivity index (χ0n) is 4.21. The lowest BCUT2D eigenvalue weighted by atomic mass is 10.5. The maximum atomic E-state index is 5.79. The molecule has 0 aromatic rings. The average Bonchev–Trinajstić information content (AvgIpc) is 1.65. The zero-order chi connectivity index (χ0) is 6.04. The Hall–Kier alpha value is 1.38. The second-order valence-corrected chi connectivity index (χ2v) is 10.9. The molecular formula is C3H7ClOPS2+. The molecule has 1 heterocycles. The Morgan fingerprint density at radius 3 is 2.75 bits per heavy atom. The van der Waals surface area contributed by atoms with Gasteiger partial charge >= 0.3 is 5.25 Å². The molecule has 48 valence electrons. The second-order valence-electron chi connectivity index (χ2n) is 1.47. The normalized spacial score (nSPS) is 39.8. The second kappa shape index (κ2) is 2.98.